The zero-order valence-corrected chi connectivity index (χ0v) is 13.6. The van der Waals surface area contributed by atoms with E-state index in [1.807, 2.05) is 5.32 Å². The second kappa shape index (κ2) is 6.33. The Balaban J connectivity index is 2.01. The van der Waals surface area contributed by atoms with Crippen molar-refractivity contribution in [2.45, 2.75) is 6.18 Å². The van der Waals surface area contributed by atoms with Gasteiger partial charge in [-0.05, 0) is 30.3 Å². The molecule has 0 atom stereocenters. The van der Waals surface area contributed by atoms with Crippen LogP contribution >= 0.6 is 11.6 Å². The van der Waals surface area contributed by atoms with E-state index in [0.29, 0.717) is 27.5 Å². The van der Waals surface area contributed by atoms with E-state index in [-0.39, 0.29) is 5.69 Å². The molecule has 0 saturated heterocycles. The Labute approximate surface area is 145 Å². The van der Waals surface area contributed by atoms with Crippen molar-refractivity contribution in [2.75, 3.05) is 12.4 Å². The number of nitrogens with one attached hydrogen (secondary N) is 2. The maximum atomic E-state index is 12.4. The molecule has 0 saturated carbocycles. The molecule has 3 aromatic rings. The fourth-order valence-electron chi connectivity index (χ4n) is 2.48. The van der Waals surface area contributed by atoms with Gasteiger partial charge in [-0.1, -0.05) is 23.7 Å². The number of hydrogen-bond acceptors (Lipinski definition) is 2. The first-order valence-corrected chi connectivity index (χ1v) is 7.51. The van der Waals surface area contributed by atoms with Gasteiger partial charge in [0, 0.05) is 16.6 Å². The van der Waals surface area contributed by atoms with E-state index in [1.54, 1.807) is 30.3 Å². The second-order valence-corrected chi connectivity index (χ2v) is 5.66. The number of carbonyl (C=O) groups excluding carboxylic acids is 1. The van der Waals surface area contributed by atoms with E-state index in [4.69, 9.17) is 16.3 Å². The van der Waals surface area contributed by atoms with Crippen molar-refractivity contribution in [1.82, 2.24) is 4.98 Å². The van der Waals surface area contributed by atoms with Crippen molar-refractivity contribution in [2.24, 2.45) is 0 Å². The minimum atomic E-state index is -4.94. The van der Waals surface area contributed by atoms with Crippen LogP contribution in [0.4, 0.5) is 18.9 Å². The zero-order valence-electron chi connectivity index (χ0n) is 12.9. The summed E-state index contributed by atoms with van der Waals surface area (Å²) < 4.78 is 42.4. The van der Waals surface area contributed by atoms with Crippen LogP contribution in [0.5, 0.6) is 5.75 Å². The molecule has 0 aliphatic rings. The molecule has 4 nitrogen and oxygen atoms in total. The normalized spacial score (nSPS) is 11.6. The van der Waals surface area contributed by atoms with Crippen LogP contribution in [0.1, 0.15) is 0 Å². The molecule has 3 rings (SSSR count). The molecule has 1 aromatic heterocycles. The number of benzene rings is 2. The first kappa shape index (κ1) is 17.2. The van der Waals surface area contributed by atoms with Crippen LogP contribution in [0, 0.1) is 0 Å². The molecule has 0 aliphatic heterocycles. The van der Waals surface area contributed by atoms with Crippen LogP contribution < -0.4 is 10.1 Å². The standard InChI is InChI=1S/C17H12ClF3N2O2/c1-25-14-4-2-3-11(18)15(14)13-7-9-5-6-10(8-12(9)23-13)22-16(24)17(19,20)21/h2-8,23H,1H3,(H,22,24). The largest absolute Gasteiger partial charge is 0.496 e. The van der Waals surface area contributed by atoms with Gasteiger partial charge in [0.25, 0.3) is 0 Å². The van der Waals surface area contributed by atoms with E-state index in [0.717, 1.165) is 5.39 Å². The molecule has 25 heavy (non-hydrogen) atoms. The van der Waals surface area contributed by atoms with Gasteiger partial charge >= 0.3 is 12.1 Å². The summed E-state index contributed by atoms with van der Waals surface area (Å²) in [5, 5.41) is 3.04. The summed E-state index contributed by atoms with van der Waals surface area (Å²) in [5.74, 6) is -1.46. The van der Waals surface area contributed by atoms with E-state index >= 15 is 0 Å². The Morgan fingerprint density at radius 3 is 2.64 bits per heavy atom. The van der Waals surface area contributed by atoms with E-state index in [2.05, 4.69) is 4.98 Å². The average molecular weight is 369 g/mol. The van der Waals surface area contributed by atoms with E-state index in [9.17, 15) is 18.0 Å². The lowest BCUT2D eigenvalue weighted by Gasteiger charge is -2.08. The van der Waals surface area contributed by atoms with Crippen molar-refractivity contribution in [3.63, 3.8) is 0 Å². The molecular formula is C17H12ClF3N2O2. The van der Waals surface area contributed by atoms with Crippen LogP contribution in [-0.4, -0.2) is 24.2 Å². The number of fused-ring (bicyclic) bond motifs is 1. The van der Waals surface area contributed by atoms with Crippen molar-refractivity contribution in [3.05, 3.63) is 47.5 Å². The summed E-state index contributed by atoms with van der Waals surface area (Å²) in [4.78, 5) is 14.1. The third kappa shape index (κ3) is 3.41. The monoisotopic (exact) mass is 368 g/mol. The third-order valence-electron chi connectivity index (χ3n) is 3.60. The lowest BCUT2D eigenvalue weighted by molar-refractivity contribution is -0.167. The van der Waals surface area contributed by atoms with Crippen molar-refractivity contribution >= 4 is 34.1 Å². The van der Waals surface area contributed by atoms with Gasteiger partial charge < -0.3 is 15.0 Å². The van der Waals surface area contributed by atoms with Gasteiger partial charge in [-0.15, -0.1) is 0 Å². The van der Waals surface area contributed by atoms with Gasteiger partial charge in [0.05, 0.1) is 23.4 Å². The summed E-state index contributed by atoms with van der Waals surface area (Å²) in [6.45, 7) is 0. The number of amides is 1. The second-order valence-electron chi connectivity index (χ2n) is 5.25. The fraction of sp³-hybridized carbons (Fsp3) is 0.118. The highest BCUT2D eigenvalue weighted by atomic mass is 35.5. The van der Waals surface area contributed by atoms with Gasteiger partial charge in [0.15, 0.2) is 0 Å². The Bertz CT molecular complexity index is 951. The number of H-pyrrole nitrogens is 1. The van der Waals surface area contributed by atoms with Crippen molar-refractivity contribution in [3.8, 4) is 17.0 Å². The minimum absolute atomic E-state index is 0.0364. The summed E-state index contributed by atoms with van der Waals surface area (Å²) >= 11 is 6.24. The third-order valence-corrected chi connectivity index (χ3v) is 3.92. The predicted molar refractivity (Wildman–Crippen MR) is 90.0 cm³/mol. The summed E-state index contributed by atoms with van der Waals surface area (Å²) in [5.41, 5.74) is 1.88. The van der Waals surface area contributed by atoms with Crippen molar-refractivity contribution < 1.29 is 22.7 Å². The van der Waals surface area contributed by atoms with E-state index in [1.165, 1.54) is 19.2 Å². The molecule has 1 amide bonds. The highest BCUT2D eigenvalue weighted by Gasteiger charge is 2.38. The van der Waals surface area contributed by atoms with Crippen LogP contribution in [-0.2, 0) is 4.79 Å². The van der Waals surface area contributed by atoms with Gasteiger partial charge in [0.1, 0.15) is 5.75 Å². The quantitative estimate of drug-likeness (QED) is 0.683. The van der Waals surface area contributed by atoms with Crippen LogP contribution in [0.25, 0.3) is 22.2 Å². The fourth-order valence-corrected chi connectivity index (χ4v) is 2.74. The topological polar surface area (TPSA) is 54.1 Å². The number of hydrogen-bond donors (Lipinski definition) is 2. The number of methoxy groups -OCH3 is 1. The molecule has 2 N–H and O–H groups in total. The Kier molecular flexibility index (Phi) is 4.34. The van der Waals surface area contributed by atoms with Gasteiger partial charge in [0.2, 0.25) is 0 Å². The molecule has 0 unspecified atom stereocenters. The number of ether oxygens (including phenoxy) is 1. The number of aromatic nitrogens is 1. The van der Waals surface area contributed by atoms with Crippen LogP contribution in [0.2, 0.25) is 5.02 Å². The Hall–Kier alpha value is -2.67. The summed E-state index contributed by atoms with van der Waals surface area (Å²) in [6, 6.07) is 11.4. The SMILES string of the molecule is COc1cccc(Cl)c1-c1cc2ccc(NC(=O)C(F)(F)F)cc2[nH]1. The maximum Gasteiger partial charge on any atom is 0.471 e. The predicted octanol–water partition coefficient (Wildman–Crippen LogP) is 5.00. The van der Waals surface area contributed by atoms with Crippen LogP contribution in [0.15, 0.2) is 42.5 Å². The van der Waals surface area contributed by atoms with Crippen molar-refractivity contribution in [1.29, 1.82) is 0 Å². The first-order chi connectivity index (χ1) is 11.8. The Morgan fingerprint density at radius 2 is 1.96 bits per heavy atom. The highest BCUT2D eigenvalue weighted by Crippen LogP contribution is 2.37. The zero-order chi connectivity index (χ0) is 18.2. The van der Waals surface area contributed by atoms with E-state index < -0.39 is 12.1 Å². The molecule has 8 heteroatoms. The first-order valence-electron chi connectivity index (χ1n) is 7.13. The number of halogens is 4. The van der Waals surface area contributed by atoms with Gasteiger partial charge in [-0.25, -0.2) is 0 Å². The summed E-state index contributed by atoms with van der Waals surface area (Å²) in [7, 11) is 1.52. The summed E-state index contributed by atoms with van der Waals surface area (Å²) in [6.07, 6.45) is -4.94. The number of anilines is 1. The molecule has 0 bridgehead atoms. The highest BCUT2D eigenvalue weighted by molar-refractivity contribution is 6.33. The van der Waals surface area contributed by atoms with Crippen LogP contribution in [0.3, 0.4) is 0 Å². The molecule has 1 heterocycles. The number of alkyl halides is 3. The molecular weight excluding hydrogens is 357 g/mol. The number of aromatic amines is 1. The minimum Gasteiger partial charge on any atom is -0.496 e. The Morgan fingerprint density at radius 1 is 1.20 bits per heavy atom. The molecule has 0 spiro atoms. The number of carbonyl (C=O) groups is 1. The molecule has 0 radical (unpaired) electrons. The van der Waals surface area contributed by atoms with Gasteiger partial charge in [-0.2, -0.15) is 13.2 Å². The molecule has 0 aliphatic carbocycles. The molecule has 0 fully saturated rings. The molecule has 2 aromatic carbocycles. The smallest absolute Gasteiger partial charge is 0.471 e. The lowest BCUT2D eigenvalue weighted by atomic mass is 10.1. The molecule has 130 valence electrons. The van der Waals surface area contributed by atoms with Gasteiger partial charge in [-0.3, -0.25) is 4.79 Å². The maximum absolute atomic E-state index is 12.4. The lowest BCUT2D eigenvalue weighted by Crippen LogP contribution is -2.29. The number of rotatable bonds is 3. The average Bonchev–Trinajstić information content (AvgIpc) is 2.96.